The van der Waals surface area contributed by atoms with Crippen LogP contribution in [0.5, 0.6) is 0 Å². The topological polar surface area (TPSA) is 75.6 Å². The van der Waals surface area contributed by atoms with Crippen LogP contribution in [0.1, 0.15) is 17.3 Å². The highest BCUT2D eigenvalue weighted by Crippen LogP contribution is 2.18. The molecule has 132 valence electrons. The number of hydrogen-bond acceptors (Lipinski definition) is 5. The minimum Gasteiger partial charge on any atom is -0.464 e. The van der Waals surface area contributed by atoms with Gasteiger partial charge in [0.25, 0.3) is 0 Å². The molecule has 0 radical (unpaired) electrons. The first-order chi connectivity index (χ1) is 11.9. The average molecular weight is 427 g/mol. The number of hydrogen-bond donors (Lipinski definition) is 2. The first-order valence-corrected chi connectivity index (χ1v) is 8.76. The van der Waals surface area contributed by atoms with E-state index < -0.39 is 23.9 Å². The van der Waals surface area contributed by atoms with Crippen LogP contribution in [-0.2, 0) is 9.53 Å². The van der Waals surface area contributed by atoms with Gasteiger partial charge in [-0.25, -0.2) is 4.79 Å². The summed E-state index contributed by atoms with van der Waals surface area (Å²) in [6, 6.07) is 11.8. The molecule has 2 unspecified atom stereocenters. The van der Waals surface area contributed by atoms with E-state index in [0.29, 0.717) is 16.3 Å². The molecule has 0 aliphatic rings. The highest BCUT2D eigenvalue weighted by molar-refractivity contribution is 9.10. The van der Waals surface area contributed by atoms with Gasteiger partial charge in [0.15, 0.2) is 11.8 Å². The Hall–Kier alpha value is -1.89. The van der Waals surface area contributed by atoms with Crippen LogP contribution in [0.2, 0.25) is 5.02 Å². The zero-order chi connectivity index (χ0) is 18.4. The molecule has 0 aliphatic carbocycles. The predicted octanol–water partition coefficient (Wildman–Crippen LogP) is 3.69. The van der Waals surface area contributed by atoms with Gasteiger partial charge in [0.2, 0.25) is 0 Å². The molecule has 2 aromatic rings. The van der Waals surface area contributed by atoms with E-state index in [1.165, 1.54) is 0 Å². The van der Waals surface area contributed by atoms with E-state index in [0.717, 1.165) is 4.47 Å². The summed E-state index contributed by atoms with van der Waals surface area (Å²) in [5.74, 6) is -1.29. The van der Waals surface area contributed by atoms with E-state index in [2.05, 4.69) is 21.2 Å². The fraction of sp³-hybridized carbons (Fsp3) is 0.222. The molecule has 0 fully saturated rings. The van der Waals surface area contributed by atoms with Gasteiger partial charge in [-0.3, -0.25) is 4.79 Å². The van der Waals surface area contributed by atoms with E-state index in [1.54, 1.807) is 55.5 Å². The van der Waals surface area contributed by atoms with Gasteiger partial charge in [0, 0.05) is 20.7 Å². The Morgan fingerprint density at radius 1 is 1.16 bits per heavy atom. The van der Waals surface area contributed by atoms with Crippen LogP contribution in [0.15, 0.2) is 53.0 Å². The molecule has 0 heterocycles. The molecule has 0 spiro atoms. The van der Waals surface area contributed by atoms with Crippen molar-refractivity contribution in [1.82, 2.24) is 0 Å². The zero-order valence-electron chi connectivity index (χ0n) is 13.4. The molecule has 2 rings (SSSR count). The number of aliphatic hydroxyl groups excluding tert-OH is 1. The van der Waals surface area contributed by atoms with Crippen LogP contribution in [0, 0.1) is 0 Å². The molecule has 0 bridgehead atoms. The van der Waals surface area contributed by atoms with Gasteiger partial charge in [-0.2, -0.15) is 0 Å². The lowest BCUT2D eigenvalue weighted by Gasteiger charge is -2.22. The molecular weight excluding hydrogens is 410 g/mol. The Labute approximate surface area is 159 Å². The average Bonchev–Trinajstić information content (AvgIpc) is 2.61. The van der Waals surface area contributed by atoms with Crippen molar-refractivity contribution in [1.29, 1.82) is 0 Å². The molecule has 2 atom stereocenters. The second-order valence-electron chi connectivity index (χ2n) is 5.20. The number of ether oxygens (including phenoxy) is 1. The number of esters is 1. The molecule has 0 aromatic heterocycles. The number of carbonyl (C=O) groups excluding carboxylic acids is 2. The van der Waals surface area contributed by atoms with Crippen LogP contribution in [0.25, 0.3) is 0 Å². The number of carbonyl (C=O) groups is 2. The first-order valence-electron chi connectivity index (χ1n) is 7.59. The lowest BCUT2D eigenvalue weighted by molar-refractivity contribution is -0.145. The quantitative estimate of drug-likeness (QED) is 0.522. The number of anilines is 1. The van der Waals surface area contributed by atoms with Crippen molar-refractivity contribution in [2.75, 3.05) is 11.9 Å². The summed E-state index contributed by atoms with van der Waals surface area (Å²) in [6.07, 6.45) is -1.60. The highest BCUT2D eigenvalue weighted by Gasteiger charge is 2.34. The van der Waals surface area contributed by atoms with Crippen molar-refractivity contribution in [2.45, 2.75) is 19.1 Å². The molecule has 0 saturated heterocycles. The van der Waals surface area contributed by atoms with E-state index in [-0.39, 0.29) is 6.61 Å². The van der Waals surface area contributed by atoms with Crippen molar-refractivity contribution in [2.24, 2.45) is 0 Å². The Bertz CT molecular complexity index is 734. The lowest BCUT2D eigenvalue weighted by Crippen LogP contribution is -2.46. The molecule has 0 saturated carbocycles. The highest BCUT2D eigenvalue weighted by atomic mass is 79.9. The number of aliphatic hydroxyl groups is 1. The Morgan fingerprint density at radius 2 is 1.76 bits per heavy atom. The van der Waals surface area contributed by atoms with E-state index in [1.807, 2.05) is 0 Å². The Kier molecular flexibility index (Phi) is 6.99. The third-order valence-electron chi connectivity index (χ3n) is 3.42. The number of halogens is 2. The number of rotatable bonds is 7. The summed E-state index contributed by atoms with van der Waals surface area (Å²) in [5, 5.41) is 13.8. The minimum absolute atomic E-state index is 0.136. The lowest BCUT2D eigenvalue weighted by atomic mass is 10.00. The van der Waals surface area contributed by atoms with Gasteiger partial charge in [-0.05, 0) is 43.3 Å². The second-order valence-corrected chi connectivity index (χ2v) is 6.55. The van der Waals surface area contributed by atoms with Crippen LogP contribution in [-0.4, -0.2) is 35.6 Å². The third-order valence-corrected chi connectivity index (χ3v) is 4.20. The summed E-state index contributed by atoms with van der Waals surface area (Å²) >= 11 is 9.12. The van der Waals surface area contributed by atoms with Crippen LogP contribution < -0.4 is 5.32 Å². The number of ketones is 1. The minimum atomic E-state index is -1.60. The summed E-state index contributed by atoms with van der Waals surface area (Å²) in [7, 11) is 0. The Balaban J connectivity index is 2.23. The molecule has 0 amide bonds. The van der Waals surface area contributed by atoms with Crippen molar-refractivity contribution >= 4 is 45.0 Å². The maximum Gasteiger partial charge on any atom is 0.331 e. The standard InChI is InChI=1S/C18H17BrClNO4/c1-2-25-18(24)15(21-14-9-7-13(20)8-10-14)17(23)16(22)11-3-5-12(19)6-4-11/h3-10,15,17,21,23H,2H2,1H3. The molecule has 7 heteroatoms. The van der Waals surface area contributed by atoms with Gasteiger partial charge >= 0.3 is 5.97 Å². The van der Waals surface area contributed by atoms with Gasteiger partial charge in [-0.15, -0.1) is 0 Å². The van der Waals surface area contributed by atoms with Crippen LogP contribution in [0.4, 0.5) is 5.69 Å². The first kappa shape index (κ1) is 19.4. The van der Waals surface area contributed by atoms with Gasteiger partial charge < -0.3 is 15.2 Å². The second kappa shape index (κ2) is 8.99. The number of nitrogens with one attached hydrogen (secondary N) is 1. The van der Waals surface area contributed by atoms with Crippen molar-refractivity contribution in [3.05, 3.63) is 63.6 Å². The van der Waals surface area contributed by atoms with Crippen molar-refractivity contribution in [3.63, 3.8) is 0 Å². The molecule has 5 nitrogen and oxygen atoms in total. The summed E-state index contributed by atoms with van der Waals surface area (Å²) in [4.78, 5) is 24.7. The van der Waals surface area contributed by atoms with Crippen LogP contribution in [0.3, 0.4) is 0 Å². The normalized spacial score (nSPS) is 13.0. The maximum atomic E-state index is 12.5. The number of benzene rings is 2. The monoisotopic (exact) mass is 425 g/mol. The van der Waals surface area contributed by atoms with Crippen molar-refractivity contribution in [3.8, 4) is 0 Å². The number of Topliss-reactive ketones (excluding diaryl/α,β-unsaturated/α-hetero) is 1. The van der Waals surface area contributed by atoms with Gasteiger partial charge in [0.05, 0.1) is 6.61 Å². The predicted molar refractivity (Wildman–Crippen MR) is 100.0 cm³/mol. The Morgan fingerprint density at radius 3 is 2.32 bits per heavy atom. The van der Waals surface area contributed by atoms with Gasteiger partial charge in [-0.1, -0.05) is 39.7 Å². The third kappa shape index (κ3) is 5.29. The summed E-state index contributed by atoms with van der Waals surface area (Å²) < 4.78 is 5.78. The van der Waals surface area contributed by atoms with E-state index in [4.69, 9.17) is 16.3 Å². The maximum absolute atomic E-state index is 12.5. The molecular formula is C18H17BrClNO4. The fourth-order valence-corrected chi connectivity index (χ4v) is 2.55. The molecule has 0 aliphatic heterocycles. The van der Waals surface area contributed by atoms with Crippen molar-refractivity contribution < 1.29 is 19.4 Å². The summed E-state index contributed by atoms with van der Waals surface area (Å²) in [6.45, 7) is 1.79. The molecule has 2 N–H and O–H groups in total. The molecule has 25 heavy (non-hydrogen) atoms. The summed E-state index contributed by atoms with van der Waals surface area (Å²) in [5.41, 5.74) is 0.827. The smallest absolute Gasteiger partial charge is 0.331 e. The van der Waals surface area contributed by atoms with Crippen LogP contribution >= 0.6 is 27.5 Å². The zero-order valence-corrected chi connectivity index (χ0v) is 15.8. The molecule has 2 aromatic carbocycles. The largest absolute Gasteiger partial charge is 0.464 e. The fourth-order valence-electron chi connectivity index (χ4n) is 2.16. The van der Waals surface area contributed by atoms with Gasteiger partial charge in [0.1, 0.15) is 6.10 Å². The van der Waals surface area contributed by atoms with E-state index >= 15 is 0 Å². The SMILES string of the molecule is CCOC(=O)C(Nc1ccc(Cl)cc1)C(O)C(=O)c1ccc(Br)cc1. The van der Waals surface area contributed by atoms with E-state index in [9.17, 15) is 14.7 Å².